The van der Waals surface area contributed by atoms with Gasteiger partial charge in [0.15, 0.2) is 0 Å². The molecule has 1 aromatic carbocycles. The molecule has 0 spiro atoms. The first kappa shape index (κ1) is 15.3. The van der Waals surface area contributed by atoms with Crippen LogP contribution in [0.2, 0.25) is 0 Å². The van der Waals surface area contributed by atoms with Crippen molar-refractivity contribution in [2.45, 2.75) is 11.7 Å². The van der Waals surface area contributed by atoms with E-state index in [1.807, 2.05) is 0 Å². The van der Waals surface area contributed by atoms with Crippen LogP contribution in [0.4, 0.5) is 0 Å². The van der Waals surface area contributed by atoms with Crippen LogP contribution in [0.15, 0.2) is 33.5 Å². The number of carbonyl (C=O) groups excluding carboxylic acids is 1. The molecule has 23 heavy (non-hydrogen) atoms. The zero-order chi connectivity index (χ0) is 16.8. The number of aliphatic hydroxyl groups is 1. The molecular formula is C16H14O7. The lowest BCUT2D eigenvalue weighted by Gasteiger charge is -2.33. The lowest BCUT2D eigenvalue weighted by molar-refractivity contribution is -0.176. The molecule has 2 aromatic rings. The molecule has 120 valence electrons. The van der Waals surface area contributed by atoms with Crippen LogP contribution in [-0.4, -0.2) is 36.5 Å². The fraction of sp³-hybridized carbons (Fsp3) is 0.250. The monoisotopic (exact) mass is 318 g/mol. The first-order valence-corrected chi connectivity index (χ1v) is 6.76. The number of phenolic OH excluding ortho intramolecular Hbond substituents is 1. The van der Waals surface area contributed by atoms with Crippen LogP contribution in [0.5, 0.6) is 5.75 Å². The van der Waals surface area contributed by atoms with Gasteiger partial charge in [-0.15, -0.1) is 0 Å². The van der Waals surface area contributed by atoms with Crippen molar-refractivity contribution in [3.05, 3.63) is 45.8 Å². The first-order chi connectivity index (χ1) is 10.9. The molecule has 0 radical (unpaired) electrons. The van der Waals surface area contributed by atoms with Crippen molar-refractivity contribution in [3.63, 3.8) is 0 Å². The maximum absolute atomic E-state index is 12.8. The molecule has 0 unspecified atom stereocenters. The highest BCUT2D eigenvalue weighted by atomic mass is 16.6. The molecule has 1 aliphatic rings. The van der Waals surface area contributed by atoms with E-state index < -0.39 is 23.1 Å². The number of hydrogen-bond acceptors (Lipinski definition) is 7. The number of carbonyl (C=O) groups is 1. The topological polar surface area (TPSA) is 106 Å². The summed E-state index contributed by atoms with van der Waals surface area (Å²) in [6, 6.07) is 4.34. The third-order valence-corrected chi connectivity index (χ3v) is 3.89. The molecule has 0 aliphatic heterocycles. The van der Waals surface area contributed by atoms with Crippen molar-refractivity contribution in [2.75, 3.05) is 14.2 Å². The smallest absolute Gasteiger partial charge is 0.346 e. The number of hydrogen-bond donors (Lipinski definition) is 2. The summed E-state index contributed by atoms with van der Waals surface area (Å²) in [5.74, 6) is -1.36. The van der Waals surface area contributed by atoms with Gasteiger partial charge in [-0.3, -0.25) is 4.79 Å². The molecule has 1 aliphatic carbocycles. The Morgan fingerprint density at radius 1 is 1.35 bits per heavy atom. The summed E-state index contributed by atoms with van der Waals surface area (Å²) in [7, 11) is 2.37. The van der Waals surface area contributed by atoms with E-state index in [1.54, 1.807) is 0 Å². The Hall–Kier alpha value is -2.64. The predicted molar refractivity (Wildman–Crippen MR) is 79.9 cm³/mol. The van der Waals surface area contributed by atoms with Crippen LogP contribution in [0.3, 0.4) is 0 Å². The number of benzene rings is 1. The van der Waals surface area contributed by atoms with Gasteiger partial charge in [0.2, 0.25) is 11.0 Å². The predicted octanol–water partition coefficient (Wildman–Crippen LogP) is 0.901. The van der Waals surface area contributed by atoms with Crippen molar-refractivity contribution in [1.82, 2.24) is 0 Å². The van der Waals surface area contributed by atoms with Gasteiger partial charge < -0.3 is 24.1 Å². The second-order valence-corrected chi connectivity index (χ2v) is 5.09. The van der Waals surface area contributed by atoms with E-state index in [-0.39, 0.29) is 28.0 Å². The van der Waals surface area contributed by atoms with Crippen molar-refractivity contribution in [1.29, 1.82) is 0 Å². The van der Waals surface area contributed by atoms with E-state index in [4.69, 9.17) is 9.15 Å². The number of esters is 1. The molecule has 3 rings (SSSR count). The molecule has 0 bridgehead atoms. The van der Waals surface area contributed by atoms with Gasteiger partial charge in [0, 0.05) is 7.11 Å². The zero-order valence-corrected chi connectivity index (χ0v) is 12.4. The van der Waals surface area contributed by atoms with E-state index in [0.717, 1.165) is 7.11 Å². The summed E-state index contributed by atoms with van der Waals surface area (Å²) < 4.78 is 15.3. The summed E-state index contributed by atoms with van der Waals surface area (Å²) in [4.78, 5) is 25.0. The highest BCUT2D eigenvalue weighted by Gasteiger charge is 2.52. The summed E-state index contributed by atoms with van der Waals surface area (Å²) in [6.45, 7) is 0. The molecule has 7 heteroatoms. The van der Waals surface area contributed by atoms with Crippen molar-refractivity contribution in [2.24, 2.45) is 0 Å². The van der Waals surface area contributed by atoms with E-state index in [2.05, 4.69) is 4.74 Å². The Morgan fingerprint density at radius 3 is 2.74 bits per heavy atom. The van der Waals surface area contributed by atoms with Crippen LogP contribution in [-0.2, 0) is 19.9 Å². The minimum atomic E-state index is -2.37. The van der Waals surface area contributed by atoms with Crippen molar-refractivity contribution in [3.8, 4) is 5.75 Å². The van der Waals surface area contributed by atoms with Gasteiger partial charge in [0.05, 0.1) is 12.7 Å². The molecular weight excluding hydrogens is 304 g/mol. The van der Waals surface area contributed by atoms with Crippen LogP contribution in [0, 0.1) is 0 Å². The Kier molecular flexibility index (Phi) is 3.46. The normalized spacial score (nSPS) is 22.8. The molecule has 2 atom stereocenters. The molecule has 7 nitrogen and oxygen atoms in total. The average molecular weight is 318 g/mol. The fourth-order valence-electron chi connectivity index (χ4n) is 2.80. The van der Waals surface area contributed by atoms with E-state index >= 15 is 0 Å². The van der Waals surface area contributed by atoms with E-state index in [9.17, 15) is 19.8 Å². The Balaban J connectivity index is 2.44. The number of ether oxygens (including phenoxy) is 2. The zero-order valence-electron chi connectivity index (χ0n) is 12.4. The Labute approximate surface area is 130 Å². The first-order valence-electron chi connectivity index (χ1n) is 6.76. The molecule has 0 amide bonds. The lowest BCUT2D eigenvalue weighted by atomic mass is 9.82. The summed E-state index contributed by atoms with van der Waals surface area (Å²) in [5, 5.41) is 20.7. The fourth-order valence-corrected chi connectivity index (χ4v) is 2.80. The molecule has 0 fully saturated rings. The van der Waals surface area contributed by atoms with Gasteiger partial charge in [-0.25, -0.2) is 4.79 Å². The van der Waals surface area contributed by atoms with Gasteiger partial charge in [-0.1, -0.05) is 6.07 Å². The molecule has 2 N–H and O–H groups in total. The lowest BCUT2D eigenvalue weighted by Crippen LogP contribution is -2.52. The second-order valence-electron chi connectivity index (χ2n) is 5.09. The maximum atomic E-state index is 12.8. The number of methoxy groups -OCH3 is 2. The Bertz CT molecular complexity index is 880. The number of aromatic hydroxyl groups is 1. The number of fused-ring (bicyclic) bond motifs is 2. The SMILES string of the molecule is COC(=O)[C@@]1(O)c2c(oc3cccc(O)c3c2=O)C=C[C@H]1OC. The van der Waals surface area contributed by atoms with Gasteiger partial charge in [-0.2, -0.15) is 0 Å². The maximum Gasteiger partial charge on any atom is 0.346 e. The number of rotatable bonds is 2. The van der Waals surface area contributed by atoms with Crippen LogP contribution in [0.25, 0.3) is 17.0 Å². The highest BCUT2D eigenvalue weighted by Crippen LogP contribution is 2.37. The summed E-state index contributed by atoms with van der Waals surface area (Å²) >= 11 is 0. The van der Waals surface area contributed by atoms with Gasteiger partial charge in [0.25, 0.3) is 0 Å². The summed E-state index contributed by atoms with van der Waals surface area (Å²) in [5.41, 5.74) is -3.28. The van der Waals surface area contributed by atoms with Gasteiger partial charge in [0.1, 0.15) is 28.6 Å². The summed E-state index contributed by atoms with van der Waals surface area (Å²) in [6.07, 6.45) is 1.71. The van der Waals surface area contributed by atoms with E-state index in [1.165, 1.54) is 37.5 Å². The Morgan fingerprint density at radius 2 is 2.09 bits per heavy atom. The third-order valence-electron chi connectivity index (χ3n) is 3.89. The second kappa shape index (κ2) is 5.22. The largest absolute Gasteiger partial charge is 0.507 e. The van der Waals surface area contributed by atoms with Crippen LogP contribution in [0.1, 0.15) is 11.3 Å². The third kappa shape index (κ3) is 1.97. The molecule has 0 saturated carbocycles. The molecule has 0 saturated heterocycles. The van der Waals surface area contributed by atoms with E-state index in [0.29, 0.717) is 0 Å². The standard InChI is InChI=1S/C16H14O7/c1-21-11-7-6-10-13(16(11,20)15(19)22-2)14(18)12-8(17)4-3-5-9(12)23-10/h3-7,11,17,20H,1-2H3/t11-,16+/m1/s1. The minimum absolute atomic E-state index is 0.00861. The molecule has 1 heterocycles. The minimum Gasteiger partial charge on any atom is -0.507 e. The van der Waals surface area contributed by atoms with Crippen LogP contribution < -0.4 is 5.43 Å². The molecule has 1 aromatic heterocycles. The van der Waals surface area contributed by atoms with Crippen molar-refractivity contribution < 1.29 is 28.9 Å². The average Bonchev–Trinajstić information content (AvgIpc) is 2.54. The van der Waals surface area contributed by atoms with Crippen LogP contribution >= 0.6 is 0 Å². The number of phenols is 1. The highest BCUT2D eigenvalue weighted by molar-refractivity contribution is 5.90. The van der Waals surface area contributed by atoms with Crippen molar-refractivity contribution >= 4 is 23.0 Å². The van der Waals surface area contributed by atoms with Gasteiger partial charge >= 0.3 is 5.97 Å². The quantitative estimate of drug-likeness (QED) is 0.792. The van der Waals surface area contributed by atoms with Gasteiger partial charge in [-0.05, 0) is 24.3 Å².